The third-order valence-electron chi connectivity index (χ3n) is 4.85. The van der Waals surface area contributed by atoms with Gasteiger partial charge in [-0.15, -0.1) is 0 Å². The molecular formula is C19H21N3O3. The number of aromatic nitrogens is 1. The van der Waals surface area contributed by atoms with Crippen LogP contribution in [0.1, 0.15) is 30.7 Å². The second kappa shape index (κ2) is 6.70. The van der Waals surface area contributed by atoms with Crippen LogP contribution in [0.4, 0.5) is 0 Å². The zero-order valence-electron chi connectivity index (χ0n) is 14.1. The second-order valence-electron chi connectivity index (χ2n) is 6.59. The van der Waals surface area contributed by atoms with Gasteiger partial charge in [-0.3, -0.25) is 9.59 Å². The summed E-state index contributed by atoms with van der Waals surface area (Å²) in [5.41, 5.74) is 1.76. The van der Waals surface area contributed by atoms with Crippen LogP contribution in [0.3, 0.4) is 0 Å². The Morgan fingerprint density at radius 1 is 1.12 bits per heavy atom. The summed E-state index contributed by atoms with van der Waals surface area (Å²) in [5.74, 6) is 1.54. The molecule has 4 rings (SSSR count). The fraction of sp³-hybridized carbons (Fsp3) is 0.421. The molecular weight excluding hydrogens is 318 g/mol. The monoisotopic (exact) mass is 339 g/mol. The number of benzene rings is 1. The Morgan fingerprint density at radius 3 is 2.76 bits per heavy atom. The first-order valence-electron chi connectivity index (χ1n) is 8.80. The van der Waals surface area contributed by atoms with Gasteiger partial charge < -0.3 is 14.2 Å². The number of likely N-dealkylation sites (tertiary alicyclic amines) is 1. The molecule has 2 aliphatic rings. The van der Waals surface area contributed by atoms with Crippen molar-refractivity contribution in [1.82, 2.24) is 14.8 Å². The van der Waals surface area contributed by atoms with Crippen LogP contribution in [0.15, 0.2) is 34.7 Å². The van der Waals surface area contributed by atoms with E-state index in [1.165, 1.54) is 0 Å². The van der Waals surface area contributed by atoms with Gasteiger partial charge in [0.2, 0.25) is 17.7 Å². The fourth-order valence-electron chi connectivity index (χ4n) is 3.41. The van der Waals surface area contributed by atoms with E-state index in [-0.39, 0.29) is 18.4 Å². The first-order valence-corrected chi connectivity index (χ1v) is 8.80. The molecule has 6 nitrogen and oxygen atoms in total. The van der Waals surface area contributed by atoms with Gasteiger partial charge in [-0.25, -0.2) is 4.98 Å². The number of oxazole rings is 1. The quantitative estimate of drug-likeness (QED) is 0.860. The highest BCUT2D eigenvalue weighted by atomic mass is 16.4. The molecule has 130 valence electrons. The third-order valence-corrected chi connectivity index (χ3v) is 4.85. The van der Waals surface area contributed by atoms with Crippen molar-refractivity contribution < 1.29 is 14.0 Å². The van der Waals surface area contributed by atoms with Gasteiger partial charge in [0.05, 0.1) is 13.1 Å². The molecule has 1 fully saturated rings. The van der Waals surface area contributed by atoms with Gasteiger partial charge in [0.15, 0.2) is 0 Å². The number of rotatable bonds is 3. The molecule has 1 aromatic heterocycles. The second-order valence-corrected chi connectivity index (χ2v) is 6.59. The Kier molecular flexibility index (Phi) is 4.26. The van der Waals surface area contributed by atoms with Crippen LogP contribution in [0.5, 0.6) is 0 Å². The molecule has 2 amide bonds. The minimum atomic E-state index is -0.00911. The predicted molar refractivity (Wildman–Crippen MR) is 91.5 cm³/mol. The normalized spacial score (nSPS) is 17.5. The maximum atomic E-state index is 12.6. The molecule has 0 radical (unpaired) electrons. The van der Waals surface area contributed by atoms with Gasteiger partial charge in [-0.2, -0.15) is 0 Å². The van der Waals surface area contributed by atoms with Gasteiger partial charge in [-0.05, 0) is 25.0 Å². The number of amides is 2. The predicted octanol–water partition coefficient (Wildman–Crippen LogP) is 2.24. The van der Waals surface area contributed by atoms with E-state index >= 15 is 0 Å². The average Bonchev–Trinajstić information content (AvgIpc) is 3.07. The Morgan fingerprint density at radius 2 is 1.96 bits per heavy atom. The Labute approximate surface area is 146 Å². The van der Waals surface area contributed by atoms with Crippen molar-refractivity contribution in [2.75, 3.05) is 19.6 Å². The van der Waals surface area contributed by atoms with Crippen molar-refractivity contribution in [3.8, 4) is 11.5 Å². The van der Waals surface area contributed by atoms with Crippen LogP contribution >= 0.6 is 0 Å². The Hall–Kier alpha value is -2.63. The SMILES string of the molecule is O=C1CCCCN1CC(=O)N1CCc2oc(-c3ccccc3)nc2C1. The number of carbonyl (C=O) groups is 2. The molecule has 25 heavy (non-hydrogen) atoms. The third kappa shape index (κ3) is 3.29. The van der Waals surface area contributed by atoms with Gasteiger partial charge >= 0.3 is 0 Å². The molecule has 0 atom stereocenters. The highest BCUT2D eigenvalue weighted by Crippen LogP contribution is 2.26. The number of hydrogen-bond acceptors (Lipinski definition) is 4. The summed E-state index contributed by atoms with van der Waals surface area (Å²) in [6.07, 6.45) is 3.13. The van der Waals surface area contributed by atoms with E-state index in [1.807, 2.05) is 30.3 Å². The van der Waals surface area contributed by atoms with E-state index < -0.39 is 0 Å². The van der Waals surface area contributed by atoms with Crippen LogP contribution in [-0.2, 0) is 22.6 Å². The summed E-state index contributed by atoms with van der Waals surface area (Å²) >= 11 is 0. The number of nitrogens with zero attached hydrogens (tertiary/aromatic N) is 3. The molecule has 0 unspecified atom stereocenters. The highest BCUT2D eigenvalue weighted by molar-refractivity contribution is 5.85. The van der Waals surface area contributed by atoms with Crippen LogP contribution in [-0.4, -0.2) is 46.2 Å². The van der Waals surface area contributed by atoms with Gasteiger partial charge in [0, 0.05) is 31.5 Å². The maximum absolute atomic E-state index is 12.6. The summed E-state index contributed by atoms with van der Waals surface area (Å²) in [4.78, 5) is 32.5. The van der Waals surface area contributed by atoms with Crippen molar-refractivity contribution in [3.63, 3.8) is 0 Å². The molecule has 1 saturated heterocycles. The van der Waals surface area contributed by atoms with Crippen molar-refractivity contribution >= 4 is 11.8 Å². The zero-order valence-corrected chi connectivity index (χ0v) is 14.1. The number of fused-ring (bicyclic) bond motifs is 1. The summed E-state index contributed by atoms with van der Waals surface area (Å²) in [7, 11) is 0. The van der Waals surface area contributed by atoms with Gasteiger partial charge in [-0.1, -0.05) is 18.2 Å². The standard InChI is InChI=1S/C19H21N3O3/c23-17-8-4-5-10-21(17)13-18(24)22-11-9-16-15(12-22)20-19(25-16)14-6-2-1-3-7-14/h1-3,6-7H,4-5,8-13H2. The zero-order chi connectivity index (χ0) is 17.2. The summed E-state index contributed by atoms with van der Waals surface area (Å²) in [6, 6.07) is 9.77. The molecule has 0 saturated carbocycles. The molecule has 1 aromatic carbocycles. The Balaban J connectivity index is 1.44. The summed E-state index contributed by atoms with van der Waals surface area (Å²) in [6.45, 7) is 1.92. The number of hydrogen-bond donors (Lipinski definition) is 0. The van der Waals surface area contributed by atoms with Crippen LogP contribution in [0, 0.1) is 0 Å². The molecule has 0 bridgehead atoms. The highest BCUT2D eigenvalue weighted by Gasteiger charge is 2.28. The average molecular weight is 339 g/mol. The van der Waals surface area contributed by atoms with Crippen molar-refractivity contribution in [2.45, 2.75) is 32.2 Å². The molecule has 2 aliphatic heterocycles. The molecule has 0 N–H and O–H groups in total. The maximum Gasteiger partial charge on any atom is 0.242 e. The van der Waals surface area contributed by atoms with E-state index in [9.17, 15) is 9.59 Å². The number of carbonyl (C=O) groups excluding carboxylic acids is 2. The van der Waals surface area contributed by atoms with Crippen LogP contribution < -0.4 is 0 Å². The minimum Gasteiger partial charge on any atom is -0.441 e. The minimum absolute atomic E-state index is 0.00911. The van der Waals surface area contributed by atoms with Crippen molar-refractivity contribution in [1.29, 1.82) is 0 Å². The largest absolute Gasteiger partial charge is 0.441 e. The molecule has 2 aromatic rings. The lowest BCUT2D eigenvalue weighted by atomic mass is 10.1. The first-order chi connectivity index (χ1) is 12.2. The van der Waals surface area contributed by atoms with Crippen molar-refractivity contribution in [3.05, 3.63) is 41.8 Å². The smallest absolute Gasteiger partial charge is 0.242 e. The van der Waals surface area contributed by atoms with Crippen molar-refractivity contribution in [2.24, 2.45) is 0 Å². The van der Waals surface area contributed by atoms with Crippen LogP contribution in [0.2, 0.25) is 0 Å². The lowest BCUT2D eigenvalue weighted by Gasteiger charge is -2.30. The Bertz CT molecular complexity index is 784. The number of piperidine rings is 1. The molecule has 0 aliphatic carbocycles. The molecule has 0 spiro atoms. The van der Waals surface area contributed by atoms with Gasteiger partial charge in [0.25, 0.3) is 0 Å². The summed E-state index contributed by atoms with van der Waals surface area (Å²) < 4.78 is 5.87. The summed E-state index contributed by atoms with van der Waals surface area (Å²) in [5, 5.41) is 0. The lowest BCUT2D eigenvalue weighted by molar-refractivity contribution is -0.142. The van der Waals surface area contributed by atoms with E-state index in [1.54, 1.807) is 9.80 Å². The topological polar surface area (TPSA) is 66.7 Å². The fourth-order valence-corrected chi connectivity index (χ4v) is 3.41. The molecule has 3 heterocycles. The first kappa shape index (κ1) is 15.9. The van der Waals surface area contributed by atoms with Gasteiger partial charge in [0.1, 0.15) is 11.5 Å². The van der Waals surface area contributed by atoms with Crippen LogP contribution in [0.25, 0.3) is 11.5 Å². The van der Waals surface area contributed by atoms with E-state index in [2.05, 4.69) is 4.98 Å². The molecule has 6 heteroatoms. The van der Waals surface area contributed by atoms with E-state index in [0.29, 0.717) is 38.4 Å². The van der Waals surface area contributed by atoms with E-state index in [0.717, 1.165) is 29.9 Å². The lowest BCUT2D eigenvalue weighted by Crippen LogP contribution is -2.46. The van der Waals surface area contributed by atoms with E-state index in [4.69, 9.17) is 4.42 Å².